The maximum Gasteiger partial charge on any atom is 0.311 e. The maximum atomic E-state index is 11.5. The Labute approximate surface area is 120 Å². The summed E-state index contributed by atoms with van der Waals surface area (Å²) in [6, 6.07) is 1.64. The van der Waals surface area contributed by atoms with Gasteiger partial charge in [0.25, 0.3) is 0 Å². The number of furan rings is 1. The van der Waals surface area contributed by atoms with Crippen molar-refractivity contribution in [1.82, 2.24) is 20.2 Å². The second-order valence-electron chi connectivity index (χ2n) is 4.56. The van der Waals surface area contributed by atoms with E-state index < -0.39 is 11.4 Å². The molecule has 1 N–H and O–H groups in total. The molecule has 108 valence electrons. The summed E-state index contributed by atoms with van der Waals surface area (Å²) in [7, 11) is 0. The van der Waals surface area contributed by atoms with E-state index in [9.17, 15) is 9.90 Å². The number of carboxylic acid groups (broad SMARTS) is 1. The molecule has 0 aromatic carbocycles. The van der Waals surface area contributed by atoms with E-state index in [-0.39, 0.29) is 11.8 Å². The second-order valence-corrected chi connectivity index (χ2v) is 4.90. The Kier molecular flexibility index (Phi) is 4.08. The highest BCUT2D eigenvalue weighted by atomic mass is 35.5. The highest BCUT2D eigenvalue weighted by Gasteiger charge is 2.36. The van der Waals surface area contributed by atoms with E-state index in [2.05, 4.69) is 15.5 Å². The molecule has 7 nitrogen and oxygen atoms in total. The molecule has 0 fully saturated rings. The van der Waals surface area contributed by atoms with Crippen molar-refractivity contribution < 1.29 is 14.3 Å². The molecule has 0 aliphatic heterocycles. The molecule has 2 heterocycles. The Bertz CT molecular complexity index is 603. The number of hydrogen-bond donors (Lipinski definition) is 1. The minimum Gasteiger partial charge on any atom is -0.481 e. The summed E-state index contributed by atoms with van der Waals surface area (Å²) in [6.07, 6.45) is 2.40. The summed E-state index contributed by atoms with van der Waals surface area (Å²) in [5.74, 6) is -0.460. The Morgan fingerprint density at radius 1 is 1.50 bits per heavy atom. The minimum atomic E-state index is -0.902. The zero-order chi connectivity index (χ0) is 14.8. The van der Waals surface area contributed by atoms with Crippen LogP contribution in [0.1, 0.15) is 26.7 Å². The number of aliphatic carboxylic acids is 1. The lowest BCUT2D eigenvalue weighted by molar-refractivity contribution is -0.150. The molecule has 0 spiro atoms. The molecule has 0 saturated heterocycles. The van der Waals surface area contributed by atoms with Crippen LogP contribution in [0, 0.1) is 5.41 Å². The number of carboxylic acids is 1. The van der Waals surface area contributed by atoms with Crippen molar-refractivity contribution in [2.75, 3.05) is 0 Å². The van der Waals surface area contributed by atoms with Crippen molar-refractivity contribution in [3.63, 3.8) is 0 Å². The Hall–Kier alpha value is -1.89. The molecule has 2 aromatic heterocycles. The van der Waals surface area contributed by atoms with Crippen molar-refractivity contribution in [1.29, 1.82) is 0 Å². The van der Waals surface area contributed by atoms with E-state index in [1.54, 1.807) is 6.07 Å². The van der Waals surface area contributed by atoms with Gasteiger partial charge in [0.05, 0.1) is 23.8 Å². The van der Waals surface area contributed by atoms with Crippen molar-refractivity contribution in [3.05, 3.63) is 17.5 Å². The van der Waals surface area contributed by atoms with E-state index in [1.165, 1.54) is 10.9 Å². The second kappa shape index (κ2) is 5.62. The van der Waals surface area contributed by atoms with Crippen molar-refractivity contribution in [2.24, 2.45) is 5.41 Å². The van der Waals surface area contributed by atoms with Crippen LogP contribution < -0.4 is 0 Å². The molecule has 0 unspecified atom stereocenters. The van der Waals surface area contributed by atoms with Gasteiger partial charge < -0.3 is 9.52 Å². The standard InChI is InChI=1S/C12H15ClN4O3/c1-3-12(4-2,11(18)19)7-17-10(14-15-16-17)8-5-6-20-9(8)13/h5-6H,3-4,7H2,1-2H3,(H,18,19). The summed E-state index contributed by atoms with van der Waals surface area (Å²) in [5.41, 5.74) is -0.358. The Balaban J connectivity index is 2.38. The molecular weight excluding hydrogens is 284 g/mol. The first-order valence-corrected chi connectivity index (χ1v) is 6.64. The fraction of sp³-hybridized carbons (Fsp3) is 0.500. The number of tetrazole rings is 1. The first kappa shape index (κ1) is 14.5. The Morgan fingerprint density at radius 2 is 2.20 bits per heavy atom. The molecule has 0 bridgehead atoms. The van der Waals surface area contributed by atoms with E-state index in [4.69, 9.17) is 16.0 Å². The minimum absolute atomic E-state index is 0.176. The van der Waals surface area contributed by atoms with Gasteiger partial charge in [0.2, 0.25) is 5.22 Å². The number of carbonyl (C=O) groups is 1. The van der Waals surface area contributed by atoms with Crippen LogP contribution in [0.25, 0.3) is 11.4 Å². The van der Waals surface area contributed by atoms with Crippen LogP contribution in [0.2, 0.25) is 5.22 Å². The average Bonchev–Trinajstić information content (AvgIpc) is 3.04. The van der Waals surface area contributed by atoms with Crippen LogP contribution >= 0.6 is 11.6 Å². The smallest absolute Gasteiger partial charge is 0.311 e. The largest absolute Gasteiger partial charge is 0.481 e. The SMILES string of the molecule is CCC(CC)(Cn1nnnc1-c1ccoc1Cl)C(=O)O. The van der Waals surface area contributed by atoms with Crippen LogP contribution in [-0.4, -0.2) is 31.3 Å². The first-order chi connectivity index (χ1) is 9.54. The highest BCUT2D eigenvalue weighted by molar-refractivity contribution is 6.31. The number of rotatable bonds is 6. The number of halogens is 1. The van der Waals surface area contributed by atoms with Gasteiger partial charge in [0.1, 0.15) is 0 Å². The summed E-state index contributed by atoms with van der Waals surface area (Å²) in [4.78, 5) is 11.5. The fourth-order valence-electron chi connectivity index (χ4n) is 2.09. The molecule has 0 saturated carbocycles. The van der Waals surface area contributed by atoms with Crippen LogP contribution in [0.15, 0.2) is 16.7 Å². The lowest BCUT2D eigenvalue weighted by Crippen LogP contribution is -2.35. The molecule has 0 radical (unpaired) electrons. The van der Waals surface area contributed by atoms with Crippen LogP contribution in [0.3, 0.4) is 0 Å². The van der Waals surface area contributed by atoms with Gasteiger partial charge in [-0.3, -0.25) is 4.79 Å². The van der Waals surface area contributed by atoms with Crippen molar-refractivity contribution in [3.8, 4) is 11.4 Å². The lowest BCUT2D eigenvalue weighted by atomic mass is 9.82. The van der Waals surface area contributed by atoms with E-state index in [0.717, 1.165) is 0 Å². The zero-order valence-corrected chi connectivity index (χ0v) is 12.0. The van der Waals surface area contributed by atoms with Crippen LogP contribution in [0.4, 0.5) is 0 Å². The lowest BCUT2D eigenvalue weighted by Gasteiger charge is -2.26. The maximum absolute atomic E-state index is 11.5. The van der Waals surface area contributed by atoms with Gasteiger partial charge in [-0.1, -0.05) is 13.8 Å². The number of aromatic nitrogens is 4. The molecule has 20 heavy (non-hydrogen) atoms. The van der Waals surface area contributed by atoms with Gasteiger partial charge in [-0.2, -0.15) is 0 Å². The van der Waals surface area contributed by atoms with Crippen LogP contribution in [0.5, 0.6) is 0 Å². The van der Waals surface area contributed by atoms with Crippen molar-refractivity contribution in [2.45, 2.75) is 33.2 Å². The third kappa shape index (κ3) is 2.40. The third-order valence-electron chi connectivity index (χ3n) is 3.65. The number of nitrogens with zero attached hydrogens (tertiary/aromatic N) is 4. The predicted molar refractivity (Wildman–Crippen MR) is 71.2 cm³/mol. The van der Waals surface area contributed by atoms with Gasteiger partial charge >= 0.3 is 5.97 Å². The fourth-order valence-corrected chi connectivity index (χ4v) is 2.29. The molecular formula is C12H15ClN4O3. The Morgan fingerprint density at radius 3 is 2.70 bits per heavy atom. The van der Waals surface area contributed by atoms with Crippen molar-refractivity contribution >= 4 is 17.6 Å². The summed E-state index contributed by atoms with van der Waals surface area (Å²) in [5, 5.41) is 21.0. The van der Waals surface area contributed by atoms with Gasteiger partial charge in [0.15, 0.2) is 5.82 Å². The van der Waals surface area contributed by atoms with E-state index in [0.29, 0.717) is 24.2 Å². The quantitative estimate of drug-likeness (QED) is 0.880. The van der Waals surface area contributed by atoms with Gasteiger partial charge in [-0.05, 0) is 40.9 Å². The average molecular weight is 299 g/mol. The molecule has 2 aromatic rings. The van der Waals surface area contributed by atoms with Gasteiger partial charge in [0, 0.05) is 0 Å². The molecule has 0 amide bonds. The van der Waals surface area contributed by atoms with Crippen LogP contribution in [-0.2, 0) is 11.3 Å². The monoisotopic (exact) mass is 298 g/mol. The molecule has 8 heteroatoms. The van der Waals surface area contributed by atoms with E-state index >= 15 is 0 Å². The third-order valence-corrected chi connectivity index (χ3v) is 3.94. The summed E-state index contributed by atoms with van der Waals surface area (Å²) >= 11 is 5.91. The summed E-state index contributed by atoms with van der Waals surface area (Å²) in [6.45, 7) is 3.86. The first-order valence-electron chi connectivity index (χ1n) is 6.27. The predicted octanol–water partition coefficient (Wildman–Crippen LogP) is 2.48. The van der Waals surface area contributed by atoms with Gasteiger partial charge in [-0.25, -0.2) is 4.68 Å². The zero-order valence-electron chi connectivity index (χ0n) is 11.2. The molecule has 2 rings (SSSR count). The van der Waals surface area contributed by atoms with Gasteiger partial charge in [-0.15, -0.1) is 5.10 Å². The molecule has 0 atom stereocenters. The topological polar surface area (TPSA) is 94.0 Å². The summed E-state index contributed by atoms with van der Waals surface area (Å²) < 4.78 is 6.47. The molecule has 0 aliphatic rings. The highest BCUT2D eigenvalue weighted by Crippen LogP contribution is 2.32. The number of hydrogen-bond acceptors (Lipinski definition) is 5. The molecule has 0 aliphatic carbocycles. The normalized spacial score (nSPS) is 11.8. The van der Waals surface area contributed by atoms with E-state index in [1.807, 2.05) is 13.8 Å².